The van der Waals surface area contributed by atoms with Crippen LogP contribution in [-0.2, 0) is 37.5 Å². The first kappa shape index (κ1) is 10.5. The van der Waals surface area contributed by atoms with Crippen LogP contribution in [-0.4, -0.2) is 5.91 Å². The van der Waals surface area contributed by atoms with Crippen LogP contribution in [0.3, 0.4) is 0 Å². The summed E-state index contributed by atoms with van der Waals surface area (Å²) in [5.74, 6) is -0.461. The second kappa shape index (κ2) is 6.57. The molecule has 0 aliphatic carbocycles. The van der Waals surface area contributed by atoms with Gasteiger partial charge in [0.25, 0.3) is 0 Å². The number of carbonyl (C=O) groups excluding carboxylic acids is 1. The third kappa shape index (κ3) is 10.8. The molecule has 0 aliphatic heterocycles. The number of rotatable bonds is 2. The molecule has 1 amide bonds. The van der Waals surface area contributed by atoms with E-state index in [0.717, 1.165) is 6.42 Å². The molecule has 0 unspecified atom stereocenters. The number of carbonyl (C=O) groups is 1. The topological polar surface area (TPSA) is 40.9 Å². The standard InChI is InChI=1S/C4H9NO.Y/c1-2-3-4(5)6;/h2-3H2,1H3,(H2,5,6);/p-1. The smallest absolute Gasteiger partial charge is 0.0487 e. The average Bonchev–Trinajstić information content (AvgIpc) is 1.35. The summed E-state index contributed by atoms with van der Waals surface area (Å²) in [5.41, 5.74) is 6.34. The van der Waals surface area contributed by atoms with Gasteiger partial charge in [-0.1, -0.05) is 13.3 Å². The molecule has 0 saturated heterocycles. The maximum absolute atomic E-state index is 9.71. The van der Waals surface area contributed by atoms with Crippen molar-refractivity contribution in [3.8, 4) is 0 Å². The molecule has 0 atom stereocenters. The van der Waals surface area contributed by atoms with Crippen LogP contribution in [0, 0.1) is 0 Å². The van der Waals surface area contributed by atoms with E-state index in [2.05, 4.69) is 0 Å². The Morgan fingerprint density at radius 3 is 2.14 bits per heavy atom. The number of amides is 1. The van der Waals surface area contributed by atoms with E-state index >= 15 is 0 Å². The number of hydrogen-bond donors (Lipinski definition) is 0. The molecule has 0 spiro atoms. The third-order valence-corrected chi connectivity index (χ3v) is 0.477. The quantitative estimate of drug-likeness (QED) is 0.624. The van der Waals surface area contributed by atoms with Gasteiger partial charge < -0.3 is 10.5 Å². The van der Waals surface area contributed by atoms with Crippen molar-refractivity contribution in [2.75, 3.05) is 0 Å². The van der Waals surface area contributed by atoms with Gasteiger partial charge in [0.05, 0.1) is 0 Å². The molecule has 0 aromatic heterocycles. The largest absolute Gasteiger partial charge is 0.668 e. The van der Waals surface area contributed by atoms with Gasteiger partial charge in [-0.05, 0) is 6.42 Å². The van der Waals surface area contributed by atoms with Gasteiger partial charge in [-0.3, -0.25) is 0 Å². The Kier molecular flexibility index (Phi) is 9.89. The Labute approximate surface area is 68.7 Å². The molecule has 2 nitrogen and oxygen atoms in total. The predicted octanol–water partition coefficient (Wildman–Crippen LogP) is 1.36. The number of hydrogen-bond acceptors (Lipinski definition) is 1. The molecular weight excluding hydrogens is 167 g/mol. The average molecular weight is 175 g/mol. The van der Waals surface area contributed by atoms with Crippen molar-refractivity contribution in [3.63, 3.8) is 0 Å². The van der Waals surface area contributed by atoms with E-state index in [0.29, 0.717) is 6.42 Å². The molecule has 0 rings (SSSR count). The van der Waals surface area contributed by atoms with Gasteiger partial charge in [0, 0.05) is 38.6 Å². The molecule has 0 aromatic carbocycles. The fraction of sp³-hybridized carbons (Fsp3) is 0.750. The zero-order chi connectivity index (χ0) is 4.99. The fourth-order valence-corrected chi connectivity index (χ4v) is 0.227. The third-order valence-electron chi connectivity index (χ3n) is 0.477. The van der Waals surface area contributed by atoms with Crippen molar-refractivity contribution < 1.29 is 37.5 Å². The minimum atomic E-state index is -0.461. The van der Waals surface area contributed by atoms with E-state index in [4.69, 9.17) is 5.73 Å². The first-order chi connectivity index (χ1) is 2.77. The fourth-order valence-electron chi connectivity index (χ4n) is 0.227. The number of nitrogens with one attached hydrogen (secondary N) is 1. The first-order valence-corrected chi connectivity index (χ1v) is 2.01. The Hall–Kier alpha value is 0.574. The van der Waals surface area contributed by atoms with Crippen molar-refractivity contribution in [1.82, 2.24) is 0 Å². The monoisotopic (exact) mass is 175 g/mol. The van der Waals surface area contributed by atoms with Crippen LogP contribution in [0.4, 0.5) is 0 Å². The summed E-state index contributed by atoms with van der Waals surface area (Å²) in [6.45, 7) is 1.88. The molecule has 7 heavy (non-hydrogen) atoms. The van der Waals surface area contributed by atoms with Crippen LogP contribution in [0.2, 0.25) is 0 Å². The molecule has 0 saturated carbocycles. The molecule has 0 fully saturated rings. The Bertz CT molecular complexity index is 55.7. The maximum atomic E-state index is 9.71. The van der Waals surface area contributed by atoms with E-state index in [1.165, 1.54) is 0 Å². The van der Waals surface area contributed by atoms with E-state index in [1.54, 1.807) is 0 Å². The zero-order valence-corrected chi connectivity index (χ0v) is 7.24. The molecule has 3 heteroatoms. The van der Waals surface area contributed by atoms with Crippen molar-refractivity contribution in [3.05, 3.63) is 5.73 Å². The molecule has 0 aromatic rings. The molecule has 0 bridgehead atoms. The van der Waals surface area contributed by atoms with Crippen molar-refractivity contribution in [2.45, 2.75) is 19.8 Å². The van der Waals surface area contributed by atoms with Crippen LogP contribution in [0.15, 0.2) is 0 Å². The Balaban J connectivity index is 0. The summed E-state index contributed by atoms with van der Waals surface area (Å²) in [4.78, 5) is 9.71. The Morgan fingerprint density at radius 1 is 1.71 bits per heavy atom. The van der Waals surface area contributed by atoms with Gasteiger partial charge in [-0.15, -0.1) is 0 Å². The van der Waals surface area contributed by atoms with Crippen LogP contribution in [0.1, 0.15) is 19.8 Å². The van der Waals surface area contributed by atoms with E-state index < -0.39 is 5.91 Å². The summed E-state index contributed by atoms with van der Waals surface area (Å²) in [5, 5.41) is 0. The van der Waals surface area contributed by atoms with Crippen LogP contribution < -0.4 is 0 Å². The predicted molar refractivity (Wildman–Crippen MR) is 24.2 cm³/mol. The van der Waals surface area contributed by atoms with Crippen molar-refractivity contribution in [2.24, 2.45) is 0 Å². The van der Waals surface area contributed by atoms with E-state index in [-0.39, 0.29) is 32.7 Å². The van der Waals surface area contributed by atoms with Gasteiger partial charge in [0.2, 0.25) is 0 Å². The molecule has 1 N–H and O–H groups in total. The summed E-state index contributed by atoms with van der Waals surface area (Å²) >= 11 is 0. The van der Waals surface area contributed by atoms with E-state index in [9.17, 15) is 4.79 Å². The van der Waals surface area contributed by atoms with Crippen LogP contribution in [0.25, 0.3) is 5.73 Å². The van der Waals surface area contributed by atoms with E-state index in [1.807, 2.05) is 6.92 Å². The molecule has 39 valence electrons. The van der Waals surface area contributed by atoms with Gasteiger partial charge in [-0.2, -0.15) is 0 Å². The van der Waals surface area contributed by atoms with Crippen molar-refractivity contribution in [1.29, 1.82) is 0 Å². The van der Waals surface area contributed by atoms with Gasteiger partial charge >= 0.3 is 0 Å². The molecular formula is C4H8NOY-. The molecule has 1 radical (unpaired) electrons. The second-order valence-corrected chi connectivity index (χ2v) is 1.17. The summed E-state index contributed by atoms with van der Waals surface area (Å²) in [6.07, 6.45) is 1.20. The molecule has 0 aliphatic rings. The van der Waals surface area contributed by atoms with Gasteiger partial charge in [0.1, 0.15) is 0 Å². The van der Waals surface area contributed by atoms with Crippen LogP contribution >= 0.6 is 0 Å². The van der Waals surface area contributed by atoms with Gasteiger partial charge in [0.15, 0.2) is 0 Å². The zero-order valence-electron chi connectivity index (χ0n) is 4.40. The summed E-state index contributed by atoms with van der Waals surface area (Å²) < 4.78 is 0. The van der Waals surface area contributed by atoms with Gasteiger partial charge in [-0.25, -0.2) is 0 Å². The van der Waals surface area contributed by atoms with Crippen LogP contribution in [0.5, 0.6) is 0 Å². The Morgan fingerprint density at radius 2 is 2.14 bits per heavy atom. The maximum Gasteiger partial charge on any atom is 0.0487 e. The molecule has 0 heterocycles. The second-order valence-electron chi connectivity index (χ2n) is 1.17. The SMILES string of the molecule is CCCC([NH-])=O.[Y]. The minimum absolute atomic E-state index is 0. The van der Waals surface area contributed by atoms with Crippen molar-refractivity contribution >= 4 is 5.91 Å². The minimum Gasteiger partial charge on any atom is -0.668 e. The summed E-state index contributed by atoms with van der Waals surface area (Å²) in [6, 6.07) is 0. The normalized spacial score (nSPS) is 7.00. The summed E-state index contributed by atoms with van der Waals surface area (Å²) in [7, 11) is 0. The first-order valence-electron chi connectivity index (χ1n) is 2.01.